The molecule has 5 rings (SSSR count). The first kappa shape index (κ1) is 18.5. The number of carbonyl (C=O) groups is 1. The van der Waals surface area contributed by atoms with Crippen molar-refractivity contribution in [2.75, 3.05) is 6.61 Å². The minimum atomic E-state index is -0.917. The average molecular weight is 400 g/mol. The van der Waals surface area contributed by atoms with Gasteiger partial charge in [-0.05, 0) is 50.8 Å². The first-order chi connectivity index (χ1) is 13.7. The third-order valence-corrected chi connectivity index (χ3v) is 6.14. The van der Waals surface area contributed by atoms with Gasteiger partial charge in [0.25, 0.3) is 0 Å². The predicted molar refractivity (Wildman–Crippen MR) is 102 cm³/mol. The second-order valence-corrected chi connectivity index (χ2v) is 8.77. The van der Waals surface area contributed by atoms with Crippen molar-refractivity contribution in [3.05, 3.63) is 46.4 Å². The summed E-state index contributed by atoms with van der Waals surface area (Å²) in [5.74, 6) is -0.796. The van der Waals surface area contributed by atoms with Crippen LogP contribution >= 0.6 is 0 Å². The minimum absolute atomic E-state index is 0.0533. The Kier molecular flexibility index (Phi) is 3.98. The Balaban J connectivity index is 1.56. The van der Waals surface area contributed by atoms with Crippen molar-refractivity contribution in [3.8, 4) is 11.5 Å². The number of aromatic hydroxyl groups is 1. The molecule has 0 amide bonds. The fourth-order valence-corrected chi connectivity index (χ4v) is 4.64. The highest BCUT2D eigenvalue weighted by Gasteiger charge is 2.52. The van der Waals surface area contributed by atoms with Crippen LogP contribution in [0.4, 0.5) is 0 Å². The Morgan fingerprint density at radius 1 is 1.21 bits per heavy atom. The first-order valence-corrected chi connectivity index (χ1v) is 9.96. The molecule has 0 bridgehead atoms. The van der Waals surface area contributed by atoms with Crippen LogP contribution in [0.2, 0.25) is 0 Å². The Morgan fingerprint density at radius 2 is 2.00 bits per heavy atom. The monoisotopic (exact) mass is 400 g/mol. The largest absolute Gasteiger partial charge is 0.511 e. The lowest BCUT2D eigenvalue weighted by Gasteiger charge is -2.35. The Labute approximate surface area is 168 Å². The van der Waals surface area contributed by atoms with E-state index in [4.69, 9.17) is 14.2 Å². The zero-order valence-electron chi connectivity index (χ0n) is 16.3. The van der Waals surface area contributed by atoms with Crippen LogP contribution in [-0.4, -0.2) is 45.7 Å². The molecular weight excluding hydrogens is 376 g/mol. The molecule has 4 atom stereocenters. The summed E-state index contributed by atoms with van der Waals surface area (Å²) in [6, 6.07) is 3.17. The molecular formula is C22H24O7. The molecule has 1 aliphatic carbocycles. The van der Waals surface area contributed by atoms with Crippen LogP contribution in [0.15, 0.2) is 35.3 Å². The second-order valence-electron chi connectivity index (χ2n) is 8.77. The highest BCUT2D eigenvalue weighted by Crippen LogP contribution is 2.50. The number of allylic oxidation sites excluding steroid dienone is 1. The smallest absolute Gasteiger partial charge is 0.207 e. The Bertz CT molecular complexity index is 953. The molecule has 0 radical (unpaired) electrons. The van der Waals surface area contributed by atoms with Crippen molar-refractivity contribution in [3.63, 3.8) is 0 Å². The topological polar surface area (TPSA) is 105 Å². The van der Waals surface area contributed by atoms with Gasteiger partial charge in [0.2, 0.25) is 6.29 Å². The van der Waals surface area contributed by atoms with E-state index in [9.17, 15) is 20.1 Å². The summed E-state index contributed by atoms with van der Waals surface area (Å²) >= 11 is 0. The molecule has 0 saturated carbocycles. The summed E-state index contributed by atoms with van der Waals surface area (Å²) < 4.78 is 17.5. The van der Waals surface area contributed by atoms with Crippen molar-refractivity contribution >= 4 is 5.78 Å². The fraction of sp³-hybridized carbons (Fsp3) is 0.500. The zero-order valence-corrected chi connectivity index (χ0v) is 16.3. The summed E-state index contributed by atoms with van der Waals surface area (Å²) in [6.45, 7) is 3.98. The van der Waals surface area contributed by atoms with Gasteiger partial charge in [0, 0.05) is 5.57 Å². The summed E-state index contributed by atoms with van der Waals surface area (Å²) in [6.07, 6.45) is 2.23. The lowest BCUT2D eigenvalue weighted by Crippen LogP contribution is -2.41. The molecule has 3 heterocycles. The standard InChI is InChI=1S/C22H24O7/c1-22(2,26)7-5-10-3-4-12(23)16-19(25)17-14(28-20(10)16)9-13-15(18(17)24)11-6-8-27-21(11)29-13/h3-4,9,11,14,17,21,23-24,26H,5-8H2,1-2H3/t11-,14?,17?,21+/m0/s1. The number of ether oxygens (including phenoxy) is 3. The van der Waals surface area contributed by atoms with Crippen molar-refractivity contribution in [1.82, 2.24) is 0 Å². The van der Waals surface area contributed by atoms with Gasteiger partial charge in [0.05, 0.1) is 18.1 Å². The van der Waals surface area contributed by atoms with Crippen molar-refractivity contribution in [2.24, 2.45) is 11.8 Å². The predicted octanol–water partition coefficient (Wildman–Crippen LogP) is 2.76. The highest BCUT2D eigenvalue weighted by atomic mass is 16.7. The number of carbonyl (C=O) groups excluding carboxylic acids is 1. The van der Waals surface area contributed by atoms with E-state index in [0.29, 0.717) is 36.5 Å². The number of phenols is 1. The number of aliphatic hydroxyl groups is 2. The molecule has 2 unspecified atom stereocenters. The van der Waals surface area contributed by atoms with Gasteiger partial charge in [-0.15, -0.1) is 0 Å². The van der Waals surface area contributed by atoms with E-state index in [1.807, 2.05) is 0 Å². The average Bonchev–Trinajstić information content (AvgIpc) is 3.20. The maximum Gasteiger partial charge on any atom is 0.207 e. The molecule has 7 nitrogen and oxygen atoms in total. The summed E-state index contributed by atoms with van der Waals surface area (Å²) in [5.41, 5.74) is 0.560. The van der Waals surface area contributed by atoms with Gasteiger partial charge in [-0.2, -0.15) is 0 Å². The molecule has 154 valence electrons. The number of hydrogen-bond donors (Lipinski definition) is 3. The van der Waals surface area contributed by atoms with E-state index in [1.54, 1.807) is 26.0 Å². The second kappa shape index (κ2) is 6.24. The van der Waals surface area contributed by atoms with E-state index in [-0.39, 0.29) is 28.8 Å². The van der Waals surface area contributed by atoms with Gasteiger partial charge in [0.15, 0.2) is 5.78 Å². The third kappa shape index (κ3) is 2.83. The van der Waals surface area contributed by atoms with Crippen molar-refractivity contribution in [2.45, 2.75) is 51.1 Å². The van der Waals surface area contributed by atoms with Crippen LogP contribution < -0.4 is 4.74 Å². The van der Waals surface area contributed by atoms with Gasteiger partial charge < -0.3 is 29.5 Å². The first-order valence-electron chi connectivity index (χ1n) is 9.96. The molecule has 29 heavy (non-hydrogen) atoms. The quantitative estimate of drug-likeness (QED) is 0.716. The van der Waals surface area contributed by atoms with Crippen LogP contribution in [0.5, 0.6) is 11.5 Å². The SMILES string of the molecule is CC(C)(O)CCc1ccc(O)c2c1OC1C=C3O[C@H]4OCC[C@H]4C3=C(O)C1C2=O. The normalized spacial score (nSPS) is 30.0. The van der Waals surface area contributed by atoms with Crippen molar-refractivity contribution in [1.29, 1.82) is 0 Å². The third-order valence-electron chi connectivity index (χ3n) is 6.14. The fourth-order valence-electron chi connectivity index (χ4n) is 4.64. The highest BCUT2D eigenvalue weighted by molar-refractivity contribution is 6.06. The van der Waals surface area contributed by atoms with E-state index in [1.165, 1.54) is 6.07 Å². The lowest BCUT2D eigenvalue weighted by molar-refractivity contribution is -0.0714. The molecule has 2 saturated heterocycles. The Morgan fingerprint density at radius 3 is 2.76 bits per heavy atom. The van der Waals surface area contributed by atoms with E-state index in [2.05, 4.69) is 0 Å². The number of fused-ring (bicyclic) bond motifs is 5. The number of ketones is 1. The van der Waals surface area contributed by atoms with E-state index >= 15 is 0 Å². The molecule has 0 spiro atoms. The molecule has 7 heteroatoms. The van der Waals surface area contributed by atoms with Gasteiger partial charge in [0.1, 0.15) is 40.6 Å². The molecule has 2 fully saturated rings. The number of aryl methyl sites for hydroxylation is 1. The van der Waals surface area contributed by atoms with Crippen LogP contribution in [0.3, 0.4) is 0 Å². The zero-order chi connectivity index (χ0) is 20.5. The molecule has 1 aromatic carbocycles. The lowest BCUT2D eigenvalue weighted by atomic mass is 9.78. The van der Waals surface area contributed by atoms with Gasteiger partial charge >= 0.3 is 0 Å². The van der Waals surface area contributed by atoms with Gasteiger partial charge in [-0.25, -0.2) is 0 Å². The summed E-state index contributed by atoms with van der Waals surface area (Å²) in [4.78, 5) is 13.3. The summed E-state index contributed by atoms with van der Waals surface area (Å²) in [5, 5.41) is 31.4. The Hall–Kier alpha value is -2.51. The molecule has 4 aliphatic rings. The van der Waals surface area contributed by atoms with E-state index in [0.717, 1.165) is 12.0 Å². The van der Waals surface area contributed by atoms with Crippen molar-refractivity contribution < 1.29 is 34.3 Å². The maximum atomic E-state index is 13.3. The van der Waals surface area contributed by atoms with Gasteiger partial charge in [-0.3, -0.25) is 4.79 Å². The molecule has 3 aliphatic heterocycles. The van der Waals surface area contributed by atoms with Crippen LogP contribution in [0.1, 0.15) is 42.6 Å². The number of Topliss-reactive ketones (excluding diaryl/α,β-unsaturated/α-hetero) is 1. The summed E-state index contributed by atoms with van der Waals surface area (Å²) in [7, 11) is 0. The number of phenolic OH excluding ortho intramolecular Hbond substituents is 1. The number of aliphatic hydroxyl groups excluding tert-OH is 1. The van der Waals surface area contributed by atoms with Gasteiger partial charge in [-0.1, -0.05) is 6.07 Å². The number of hydrogen-bond acceptors (Lipinski definition) is 7. The minimum Gasteiger partial charge on any atom is -0.511 e. The molecule has 1 aromatic rings. The van der Waals surface area contributed by atoms with Crippen LogP contribution in [0, 0.1) is 11.8 Å². The number of rotatable bonds is 3. The number of benzene rings is 1. The molecule has 3 N–H and O–H groups in total. The molecule has 0 aromatic heterocycles. The van der Waals surface area contributed by atoms with E-state index < -0.39 is 23.9 Å². The van der Waals surface area contributed by atoms with Crippen LogP contribution in [0.25, 0.3) is 0 Å². The van der Waals surface area contributed by atoms with Crippen LogP contribution in [-0.2, 0) is 15.9 Å². The maximum absolute atomic E-state index is 13.3.